The molecule has 0 bridgehead atoms. The molecule has 0 amide bonds. The third-order valence-electron chi connectivity index (χ3n) is 6.23. The second-order valence-electron chi connectivity index (χ2n) is 8.26. The van der Waals surface area contributed by atoms with Crippen LogP contribution in [0, 0.1) is 11.3 Å². The first-order valence-corrected chi connectivity index (χ1v) is 11.3. The van der Waals surface area contributed by atoms with Crippen molar-refractivity contribution >= 4 is 22.5 Å². The number of alkyl halides is 1. The summed E-state index contributed by atoms with van der Waals surface area (Å²) in [4.78, 5) is 8.72. The first kappa shape index (κ1) is 22.7. The van der Waals surface area contributed by atoms with E-state index in [9.17, 15) is 14.8 Å². The quantitative estimate of drug-likeness (QED) is 0.337. The summed E-state index contributed by atoms with van der Waals surface area (Å²) in [5.74, 6) is 0. The van der Waals surface area contributed by atoms with Gasteiger partial charge in [-0.1, -0.05) is 60.1 Å². The standard InChI is InChI=1S/C28H20ClFN4O/c1-34-17-32-16-26(34)28(35,19-7-10-21(29)11-8-19)20-9-12-24-22(13-20)23(15-31)27(25(14-30)33-24)18-5-3-2-4-6-18/h2-13,16-17,35H,14H2,1H3. The second kappa shape index (κ2) is 8.95. The van der Waals surface area contributed by atoms with E-state index < -0.39 is 12.3 Å². The van der Waals surface area contributed by atoms with Crippen molar-refractivity contribution in [1.29, 1.82) is 5.26 Å². The lowest BCUT2D eigenvalue weighted by atomic mass is 9.82. The van der Waals surface area contributed by atoms with E-state index in [0.717, 1.165) is 0 Å². The van der Waals surface area contributed by atoms with Crippen molar-refractivity contribution < 1.29 is 9.50 Å². The molecule has 0 aliphatic carbocycles. The number of halogens is 2. The van der Waals surface area contributed by atoms with E-state index in [1.807, 2.05) is 30.3 Å². The number of benzene rings is 3. The van der Waals surface area contributed by atoms with Gasteiger partial charge in [-0.05, 0) is 41.0 Å². The molecule has 5 rings (SSSR count). The van der Waals surface area contributed by atoms with Gasteiger partial charge in [0.2, 0.25) is 0 Å². The van der Waals surface area contributed by atoms with Crippen molar-refractivity contribution in [2.24, 2.45) is 7.05 Å². The fraction of sp³-hybridized carbons (Fsp3) is 0.107. The van der Waals surface area contributed by atoms with E-state index >= 15 is 0 Å². The van der Waals surface area contributed by atoms with E-state index in [0.29, 0.717) is 49.4 Å². The predicted octanol–water partition coefficient (Wildman–Crippen LogP) is 5.91. The molecule has 2 aromatic heterocycles. The zero-order chi connectivity index (χ0) is 24.6. The van der Waals surface area contributed by atoms with Crippen molar-refractivity contribution in [2.45, 2.75) is 12.3 Å². The molecule has 172 valence electrons. The molecule has 0 saturated heterocycles. The Labute approximate surface area is 206 Å². The van der Waals surface area contributed by atoms with E-state index in [1.165, 1.54) is 0 Å². The molecule has 2 heterocycles. The number of aliphatic hydroxyl groups is 1. The summed E-state index contributed by atoms with van der Waals surface area (Å²) in [5.41, 5.74) is 2.18. The molecule has 7 heteroatoms. The molecule has 0 aliphatic rings. The number of imidazole rings is 1. The monoisotopic (exact) mass is 482 g/mol. The van der Waals surface area contributed by atoms with Gasteiger partial charge < -0.3 is 9.67 Å². The summed E-state index contributed by atoms with van der Waals surface area (Å²) in [7, 11) is 1.80. The van der Waals surface area contributed by atoms with Crippen LogP contribution in [0.15, 0.2) is 85.3 Å². The Kier molecular flexibility index (Phi) is 5.81. The number of rotatable bonds is 5. The SMILES string of the molecule is Cn1cncc1C(O)(c1ccc(Cl)cc1)c1ccc2nc(CF)c(-c3ccccc3)c(C#N)c2c1. The van der Waals surface area contributed by atoms with Crippen molar-refractivity contribution in [3.63, 3.8) is 0 Å². The minimum absolute atomic E-state index is 0.201. The summed E-state index contributed by atoms with van der Waals surface area (Å²) in [5, 5.41) is 23.5. The third kappa shape index (κ3) is 3.75. The van der Waals surface area contributed by atoms with Crippen LogP contribution < -0.4 is 0 Å². The summed E-state index contributed by atoms with van der Waals surface area (Å²) in [6, 6.07) is 23.6. The van der Waals surface area contributed by atoms with E-state index in [-0.39, 0.29) is 5.69 Å². The van der Waals surface area contributed by atoms with Crippen LogP contribution in [0.1, 0.15) is 28.1 Å². The average molecular weight is 483 g/mol. The summed E-state index contributed by atoms with van der Waals surface area (Å²) >= 11 is 6.11. The highest BCUT2D eigenvalue weighted by Crippen LogP contribution is 2.40. The molecule has 5 aromatic rings. The third-order valence-corrected chi connectivity index (χ3v) is 6.48. The molecule has 0 saturated carbocycles. The number of pyridine rings is 1. The maximum absolute atomic E-state index is 14.0. The molecular formula is C28H20ClFN4O. The molecule has 1 unspecified atom stereocenters. The first-order valence-electron chi connectivity index (χ1n) is 10.9. The maximum atomic E-state index is 14.0. The number of hydrogen-bond donors (Lipinski definition) is 1. The smallest absolute Gasteiger partial charge is 0.156 e. The molecule has 1 atom stereocenters. The van der Waals surface area contributed by atoms with Crippen LogP contribution in [0.4, 0.5) is 4.39 Å². The van der Waals surface area contributed by atoms with Crippen LogP contribution in [0.2, 0.25) is 5.02 Å². The highest BCUT2D eigenvalue weighted by atomic mass is 35.5. The molecule has 0 spiro atoms. The van der Waals surface area contributed by atoms with Gasteiger partial charge in [0.15, 0.2) is 5.60 Å². The molecule has 1 N–H and O–H groups in total. The number of nitriles is 1. The molecule has 0 radical (unpaired) electrons. The van der Waals surface area contributed by atoms with Gasteiger partial charge in [-0.2, -0.15) is 5.26 Å². The lowest BCUT2D eigenvalue weighted by Crippen LogP contribution is -2.31. The Balaban J connectivity index is 1.83. The lowest BCUT2D eigenvalue weighted by molar-refractivity contribution is 0.117. The molecular weight excluding hydrogens is 463 g/mol. The molecule has 3 aromatic carbocycles. The fourth-order valence-electron chi connectivity index (χ4n) is 4.53. The van der Waals surface area contributed by atoms with Crippen LogP contribution in [-0.4, -0.2) is 19.6 Å². The molecule has 0 aliphatic heterocycles. The number of fused-ring (bicyclic) bond motifs is 1. The number of hydrogen-bond acceptors (Lipinski definition) is 4. The van der Waals surface area contributed by atoms with E-state index in [2.05, 4.69) is 16.0 Å². The van der Waals surface area contributed by atoms with Crippen LogP contribution in [0.5, 0.6) is 0 Å². The molecule has 35 heavy (non-hydrogen) atoms. The number of nitrogens with zero attached hydrogens (tertiary/aromatic N) is 4. The Morgan fingerprint density at radius 3 is 2.40 bits per heavy atom. The highest BCUT2D eigenvalue weighted by Gasteiger charge is 2.37. The normalized spacial score (nSPS) is 12.9. The van der Waals surface area contributed by atoms with Gasteiger partial charge in [-0.25, -0.2) is 14.4 Å². The van der Waals surface area contributed by atoms with Crippen molar-refractivity contribution in [2.75, 3.05) is 0 Å². The lowest BCUT2D eigenvalue weighted by Gasteiger charge is -2.30. The first-order chi connectivity index (χ1) is 17.0. The summed E-state index contributed by atoms with van der Waals surface area (Å²) < 4.78 is 15.8. The molecule has 5 nitrogen and oxygen atoms in total. The summed E-state index contributed by atoms with van der Waals surface area (Å²) in [6.07, 6.45) is 3.21. The molecule has 0 fully saturated rings. The highest BCUT2D eigenvalue weighted by molar-refractivity contribution is 6.30. The zero-order valence-corrected chi connectivity index (χ0v) is 19.5. The Hall–Kier alpha value is -4.05. The second-order valence-corrected chi connectivity index (χ2v) is 8.70. The minimum Gasteiger partial charge on any atom is -0.374 e. The zero-order valence-electron chi connectivity index (χ0n) is 18.8. The number of aryl methyl sites for hydroxylation is 1. The van der Waals surface area contributed by atoms with Crippen LogP contribution in [-0.2, 0) is 19.3 Å². The van der Waals surface area contributed by atoms with Gasteiger partial charge in [0.25, 0.3) is 0 Å². The van der Waals surface area contributed by atoms with Crippen molar-refractivity contribution in [3.8, 4) is 17.2 Å². The van der Waals surface area contributed by atoms with Gasteiger partial charge in [-0.3, -0.25) is 0 Å². The predicted molar refractivity (Wildman–Crippen MR) is 133 cm³/mol. The summed E-state index contributed by atoms with van der Waals surface area (Å²) in [6.45, 7) is -0.805. The number of aromatic nitrogens is 3. The van der Waals surface area contributed by atoms with Crippen LogP contribution >= 0.6 is 11.6 Å². The van der Waals surface area contributed by atoms with Crippen molar-refractivity contribution in [1.82, 2.24) is 14.5 Å². The maximum Gasteiger partial charge on any atom is 0.156 e. The van der Waals surface area contributed by atoms with Gasteiger partial charge in [0.1, 0.15) is 12.7 Å². The Morgan fingerprint density at radius 1 is 1.06 bits per heavy atom. The average Bonchev–Trinajstić information content (AvgIpc) is 3.33. The largest absolute Gasteiger partial charge is 0.374 e. The fourth-order valence-corrected chi connectivity index (χ4v) is 4.65. The topological polar surface area (TPSA) is 74.7 Å². The van der Waals surface area contributed by atoms with Crippen LogP contribution in [0.25, 0.3) is 22.0 Å². The minimum atomic E-state index is -1.59. The van der Waals surface area contributed by atoms with Gasteiger partial charge in [-0.15, -0.1) is 0 Å². The Morgan fingerprint density at radius 2 is 1.77 bits per heavy atom. The van der Waals surface area contributed by atoms with Gasteiger partial charge in [0.05, 0.1) is 35.0 Å². The Bertz CT molecular complexity index is 1580. The van der Waals surface area contributed by atoms with Crippen molar-refractivity contribution in [3.05, 3.63) is 118 Å². The van der Waals surface area contributed by atoms with Gasteiger partial charge >= 0.3 is 0 Å². The van der Waals surface area contributed by atoms with Gasteiger partial charge in [0, 0.05) is 23.0 Å². The van der Waals surface area contributed by atoms with E-state index in [4.69, 9.17) is 11.6 Å². The van der Waals surface area contributed by atoms with E-state index in [1.54, 1.807) is 66.6 Å². The van der Waals surface area contributed by atoms with Crippen LogP contribution in [0.3, 0.4) is 0 Å².